The van der Waals surface area contributed by atoms with Gasteiger partial charge >= 0.3 is 71.1 Å². The van der Waals surface area contributed by atoms with Crippen molar-refractivity contribution in [2.24, 2.45) is 0 Å². The third-order valence-corrected chi connectivity index (χ3v) is 7.03. The van der Waals surface area contributed by atoms with Crippen LogP contribution in [0.3, 0.4) is 0 Å². The van der Waals surface area contributed by atoms with Gasteiger partial charge in [-0.15, -0.1) is 0 Å². The number of rotatable bonds is 8. The molecule has 0 saturated heterocycles. The van der Waals surface area contributed by atoms with Crippen molar-refractivity contribution in [1.29, 1.82) is 0 Å². The number of aryl methyl sites for hydroxylation is 1. The van der Waals surface area contributed by atoms with Crippen molar-refractivity contribution in [3.05, 3.63) is 88.2 Å². The van der Waals surface area contributed by atoms with E-state index in [4.69, 9.17) is 9.72 Å². The Labute approximate surface area is 276 Å². The van der Waals surface area contributed by atoms with Gasteiger partial charge in [0.25, 0.3) is 5.91 Å². The number of fused-ring (bicyclic) bond motifs is 3. The number of hydrogen-bond donors (Lipinski definition) is 2. The summed E-state index contributed by atoms with van der Waals surface area (Å²) in [6, 6.07) is 13.8. The van der Waals surface area contributed by atoms with E-state index in [0.29, 0.717) is 37.2 Å². The molecule has 0 bridgehead atoms. The van der Waals surface area contributed by atoms with Crippen molar-refractivity contribution < 1.29 is 29.3 Å². The molecule has 200 valence electrons. The molecule has 0 radical (unpaired) electrons. The molecule has 3 heterocycles. The van der Waals surface area contributed by atoms with Gasteiger partial charge < -0.3 is 24.4 Å². The van der Waals surface area contributed by atoms with Gasteiger partial charge in [-0.05, 0) is 36.1 Å². The summed E-state index contributed by atoms with van der Waals surface area (Å²) in [5.41, 5.74) is 3.84. The molecule has 1 amide bonds. The van der Waals surface area contributed by atoms with Crippen LogP contribution in [0.1, 0.15) is 59.4 Å². The van der Waals surface area contributed by atoms with Gasteiger partial charge in [-0.2, -0.15) is 0 Å². The maximum atomic E-state index is 13.1. The number of carboxylic acid groups (broad SMARTS) is 1. The van der Waals surface area contributed by atoms with Crippen LogP contribution in [0.4, 0.5) is 0 Å². The summed E-state index contributed by atoms with van der Waals surface area (Å²) in [6.07, 6.45) is 2.10. The van der Waals surface area contributed by atoms with Crippen LogP contribution in [0.25, 0.3) is 11.1 Å². The number of ether oxygens (including phenoxy) is 1. The number of carboxylic acids is 1. The molecule has 5 rings (SSSR count). The van der Waals surface area contributed by atoms with Gasteiger partial charge in [-0.1, -0.05) is 49.4 Å². The second kappa shape index (κ2) is 13.5. The Bertz CT molecular complexity index is 1460. The summed E-state index contributed by atoms with van der Waals surface area (Å²) >= 11 is 0. The fraction of sp³-hybridized carbons (Fsp3) is 0.310. The predicted octanol–water partition coefficient (Wildman–Crippen LogP) is 2.77. The number of carbonyl (C=O) groups excluding carboxylic acids is 2. The number of imidazole rings is 1. The van der Waals surface area contributed by atoms with Crippen molar-refractivity contribution in [3.8, 4) is 11.1 Å². The summed E-state index contributed by atoms with van der Waals surface area (Å²) in [4.78, 5) is 43.6. The molecule has 1 atom stereocenters. The quantitative estimate of drug-likeness (QED) is 0.246. The summed E-state index contributed by atoms with van der Waals surface area (Å²) in [5, 5.41) is 20.6. The van der Waals surface area contributed by atoms with Crippen LogP contribution in [0.2, 0.25) is 0 Å². The predicted molar refractivity (Wildman–Crippen MR) is 153 cm³/mol. The molecule has 11 heteroatoms. The number of esters is 1. The number of hydrogen-bond acceptors (Lipinski definition) is 6. The van der Waals surface area contributed by atoms with Gasteiger partial charge in [0.15, 0.2) is 5.57 Å². The van der Waals surface area contributed by atoms with Crippen molar-refractivity contribution in [2.45, 2.75) is 45.7 Å². The zero-order chi connectivity index (χ0) is 27.0. The molecule has 2 aromatic carbocycles. The molecule has 0 saturated carbocycles. The maximum absolute atomic E-state index is 13.1. The molecule has 2 aliphatic rings. The molecule has 9 nitrogen and oxygen atoms in total. The number of benzene rings is 2. The fourth-order valence-electron chi connectivity index (χ4n) is 5.33. The summed E-state index contributed by atoms with van der Waals surface area (Å²) in [5.74, 6) is -1.76. The molecule has 0 fully saturated rings. The van der Waals surface area contributed by atoms with Crippen LogP contribution >= 0.6 is 0 Å². The van der Waals surface area contributed by atoms with E-state index in [2.05, 4.69) is 6.92 Å². The van der Waals surface area contributed by atoms with Crippen LogP contribution in [0, 0.1) is 0 Å². The minimum absolute atomic E-state index is 0. The Morgan fingerprint density at radius 3 is 2.42 bits per heavy atom. The number of nitrogens with zero attached hydrogens (tertiary/aromatic N) is 3. The van der Waals surface area contributed by atoms with Gasteiger partial charge in [0.1, 0.15) is 17.6 Å². The van der Waals surface area contributed by atoms with E-state index in [-0.39, 0.29) is 82.6 Å². The molecular formula is C29H31N3Na2O6. The first-order valence-electron chi connectivity index (χ1n) is 12.8. The Balaban J connectivity index is 0.00000220. The van der Waals surface area contributed by atoms with Crippen LogP contribution in [-0.2, 0) is 33.7 Å². The number of aliphatic hydroxyl groups is 1. The van der Waals surface area contributed by atoms with Gasteiger partial charge in [0, 0.05) is 25.9 Å². The first-order valence-corrected chi connectivity index (χ1v) is 12.8. The van der Waals surface area contributed by atoms with Gasteiger partial charge in [-0.3, -0.25) is 4.79 Å². The van der Waals surface area contributed by atoms with Crippen LogP contribution < -0.4 is 0 Å². The minimum atomic E-state index is -0.982. The number of aromatic carboxylic acids is 1. The fourth-order valence-corrected chi connectivity index (χ4v) is 5.33. The average Bonchev–Trinajstić information content (AvgIpc) is 3.38. The SMILES string of the molecule is CCCc1nc2c(n1Cc1ccc(-c3ccccc3C(=O)O)cc1)C1C(O)=C(C(=O)OCC)C(=O)N1CC2.[NaH].[NaH]. The first-order chi connectivity index (χ1) is 18.3. The number of aromatic nitrogens is 2. The van der Waals surface area contributed by atoms with Gasteiger partial charge in [-0.25, -0.2) is 14.6 Å². The molecule has 2 N–H and O–H groups in total. The number of amides is 1. The molecule has 40 heavy (non-hydrogen) atoms. The van der Waals surface area contributed by atoms with E-state index in [1.165, 1.54) is 4.90 Å². The van der Waals surface area contributed by atoms with Crippen LogP contribution in [0.15, 0.2) is 59.9 Å². The van der Waals surface area contributed by atoms with Crippen LogP contribution in [-0.4, -0.2) is 115 Å². The van der Waals surface area contributed by atoms with Gasteiger partial charge in [0.05, 0.1) is 23.6 Å². The molecule has 2 aliphatic heterocycles. The van der Waals surface area contributed by atoms with E-state index in [1.54, 1.807) is 25.1 Å². The first kappa shape index (κ1) is 32.1. The van der Waals surface area contributed by atoms with E-state index in [0.717, 1.165) is 29.1 Å². The molecule has 0 aliphatic carbocycles. The Hall–Kier alpha value is -2.40. The second-order valence-corrected chi connectivity index (χ2v) is 9.38. The summed E-state index contributed by atoms with van der Waals surface area (Å²) in [7, 11) is 0. The van der Waals surface area contributed by atoms with Crippen LogP contribution in [0.5, 0.6) is 0 Å². The zero-order valence-electron chi connectivity index (χ0n) is 21.3. The second-order valence-electron chi connectivity index (χ2n) is 9.38. The van der Waals surface area contributed by atoms with E-state index < -0.39 is 23.9 Å². The van der Waals surface area contributed by atoms with Gasteiger partial charge in [0.2, 0.25) is 0 Å². The van der Waals surface area contributed by atoms with E-state index in [1.807, 2.05) is 34.9 Å². The zero-order valence-corrected chi connectivity index (χ0v) is 21.3. The molecular weight excluding hydrogens is 532 g/mol. The Morgan fingerprint density at radius 2 is 1.77 bits per heavy atom. The topological polar surface area (TPSA) is 122 Å². The third kappa shape index (κ3) is 5.82. The monoisotopic (exact) mass is 563 g/mol. The standard InChI is InChI=1S/C29H29N3O6.2Na.2H/c1-3-7-22-30-21-14-15-31-25(26(33)23(27(31)34)29(37)38-4-2)24(21)32(22)16-17-10-12-18(13-11-17)19-8-5-6-9-20(19)28(35)36;;;;/h5-6,8-13,25,33H,3-4,7,14-16H2,1-2H3,(H,35,36);;;;. The van der Waals surface area contributed by atoms with Crippen molar-refractivity contribution in [2.75, 3.05) is 13.2 Å². The normalized spacial score (nSPS) is 15.6. The number of carbonyl (C=O) groups is 3. The van der Waals surface area contributed by atoms with Crippen molar-refractivity contribution in [1.82, 2.24) is 14.5 Å². The summed E-state index contributed by atoms with van der Waals surface area (Å²) in [6.45, 7) is 4.61. The van der Waals surface area contributed by atoms with Crippen molar-refractivity contribution in [3.63, 3.8) is 0 Å². The average molecular weight is 564 g/mol. The molecule has 1 unspecified atom stereocenters. The summed E-state index contributed by atoms with van der Waals surface area (Å²) < 4.78 is 7.07. The third-order valence-electron chi connectivity index (χ3n) is 7.03. The Kier molecular flexibility index (Phi) is 10.8. The Morgan fingerprint density at radius 1 is 1.07 bits per heavy atom. The number of aliphatic hydroxyl groups excluding tert-OH is 1. The van der Waals surface area contributed by atoms with E-state index >= 15 is 0 Å². The van der Waals surface area contributed by atoms with E-state index in [9.17, 15) is 24.6 Å². The van der Waals surface area contributed by atoms with Crippen molar-refractivity contribution >= 4 is 77.0 Å². The molecule has 3 aromatic rings. The molecule has 1 aromatic heterocycles. The molecule has 0 spiro atoms.